The maximum absolute atomic E-state index is 6.24. The molecule has 0 aliphatic heterocycles. The molecule has 3 heterocycles. The Morgan fingerprint density at radius 3 is 2.15 bits per heavy atom. The van der Waals surface area contributed by atoms with Gasteiger partial charge in [-0.3, -0.25) is 14.6 Å². The molecule has 0 atom stereocenters. The molecule has 0 radical (unpaired) electrons. The smallest absolute Gasteiger partial charge is 0.322 e. The summed E-state index contributed by atoms with van der Waals surface area (Å²) >= 11 is 6.24. The fourth-order valence-electron chi connectivity index (χ4n) is 3.39. The van der Waals surface area contributed by atoms with Crippen LogP contribution in [0.5, 0.6) is 6.01 Å². The van der Waals surface area contributed by atoms with Gasteiger partial charge in [-0.05, 0) is 54.1 Å². The lowest BCUT2D eigenvalue weighted by Crippen LogP contribution is -2.16. The number of hydrogen-bond donors (Lipinski definition) is 0. The van der Waals surface area contributed by atoms with E-state index in [9.17, 15) is 0 Å². The number of anilines is 3. The van der Waals surface area contributed by atoms with Crippen LogP contribution in [0.25, 0.3) is 11.4 Å². The zero-order valence-electron chi connectivity index (χ0n) is 18.1. The van der Waals surface area contributed by atoms with Crippen LogP contribution < -0.4 is 9.64 Å². The van der Waals surface area contributed by atoms with Crippen molar-refractivity contribution in [1.29, 1.82) is 0 Å². The molecule has 2 aromatic carbocycles. The number of halogens is 1. The Balaban J connectivity index is 1.34. The number of aromatic nitrogens is 6. The molecule has 5 aromatic rings. The van der Waals surface area contributed by atoms with Crippen molar-refractivity contribution in [2.45, 2.75) is 6.54 Å². The molecule has 0 unspecified atom stereocenters. The normalized spacial score (nSPS) is 10.7. The average Bonchev–Trinajstić information content (AvgIpc) is 3.35. The van der Waals surface area contributed by atoms with Crippen molar-refractivity contribution in [2.75, 3.05) is 11.5 Å². The van der Waals surface area contributed by atoms with Crippen LogP contribution in [0.15, 0.2) is 97.3 Å². The molecule has 0 fully saturated rings. The molecule has 9 heteroatoms. The van der Waals surface area contributed by atoms with Gasteiger partial charge in [0.25, 0.3) is 0 Å². The van der Waals surface area contributed by atoms with Crippen LogP contribution in [0.4, 0.5) is 17.3 Å². The van der Waals surface area contributed by atoms with Crippen molar-refractivity contribution in [3.8, 4) is 17.4 Å². The molecule has 0 N–H and O–H groups in total. The van der Waals surface area contributed by atoms with E-state index in [0.717, 1.165) is 22.8 Å². The van der Waals surface area contributed by atoms with Crippen molar-refractivity contribution in [3.63, 3.8) is 0 Å². The third-order valence-corrected chi connectivity index (χ3v) is 5.09. The predicted molar refractivity (Wildman–Crippen MR) is 130 cm³/mol. The fraction of sp³-hybridized carbons (Fsp3) is 0.0800. The molecule has 3 aromatic heterocycles. The number of nitrogens with zero attached hydrogens (tertiary/aromatic N) is 7. The zero-order valence-corrected chi connectivity index (χ0v) is 18.8. The van der Waals surface area contributed by atoms with Gasteiger partial charge in [0.15, 0.2) is 0 Å². The molecule has 0 saturated heterocycles. The second-order valence-corrected chi connectivity index (χ2v) is 7.56. The minimum absolute atomic E-state index is 0.0494. The van der Waals surface area contributed by atoms with Crippen LogP contribution in [0.2, 0.25) is 5.28 Å². The molecule has 0 spiro atoms. The topological polar surface area (TPSA) is 81.8 Å². The molecular weight excluding hydrogens is 450 g/mol. The second-order valence-electron chi connectivity index (χ2n) is 7.22. The first-order valence-electron chi connectivity index (χ1n) is 10.7. The summed E-state index contributed by atoms with van der Waals surface area (Å²) in [6.07, 6.45) is 3.62. The van der Waals surface area contributed by atoms with E-state index in [1.807, 2.05) is 96.0 Å². The van der Waals surface area contributed by atoms with Crippen LogP contribution >= 0.6 is 11.6 Å². The van der Waals surface area contributed by atoms with E-state index < -0.39 is 0 Å². The summed E-state index contributed by atoms with van der Waals surface area (Å²) < 4.78 is 7.60. The second kappa shape index (κ2) is 10.1. The highest BCUT2D eigenvalue weighted by Gasteiger charge is 2.17. The highest BCUT2D eigenvalue weighted by Crippen LogP contribution is 2.32. The maximum Gasteiger partial charge on any atom is 0.322 e. The summed E-state index contributed by atoms with van der Waals surface area (Å²) in [6.45, 7) is 0.812. The van der Waals surface area contributed by atoms with E-state index in [-0.39, 0.29) is 11.3 Å². The van der Waals surface area contributed by atoms with E-state index in [4.69, 9.17) is 16.3 Å². The Morgan fingerprint density at radius 2 is 1.47 bits per heavy atom. The van der Waals surface area contributed by atoms with E-state index in [1.54, 1.807) is 10.9 Å². The SMILES string of the molecule is Clc1nc(OCCn2ccc(-c3ccccn3)n2)nc(N(c2ccccc2)c2ccccc2)n1. The molecule has 0 bridgehead atoms. The fourth-order valence-corrected chi connectivity index (χ4v) is 3.54. The molecule has 0 amide bonds. The van der Waals surface area contributed by atoms with Gasteiger partial charge in [-0.25, -0.2) is 0 Å². The molecule has 5 rings (SSSR count). The van der Waals surface area contributed by atoms with Crippen LogP contribution in [-0.2, 0) is 6.54 Å². The monoisotopic (exact) mass is 469 g/mol. The van der Waals surface area contributed by atoms with Crippen LogP contribution in [0.3, 0.4) is 0 Å². The molecular formula is C25H20ClN7O. The third-order valence-electron chi connectivity index (χ3n) is 4.92. The minimum atomic E-state index is 0.0494. The summed E-state index contributed by atoms with van der Waals surface area (Å²) in [5.41, 5.74) is 3.39. The van der Waals surface area contributed by atoms with Crippen LogP contribution in [-0.4, -0.2) is 36.3 Å². The van der Waals surface area contributed by atoms with Crippen LogP contribution in [0.1, 0.15) is 0 Å². The summed E-state index contributed by atoms with van der Waals surface area (Å²) in [5, 5.41) is 4.59. The van der Waals surface area contributed by atoms with E-state index >= 15 is 0 Å². The highest BCUT2D eigenvalue weighted by molar-refractivity contribution is 6.28. The largest absolute Gasteiger partial charge is 0.461 e. The third kappa shape index (κ3) is 5.02. The Morgan fingerprint density at radius 1 is 0.765 bits per heavy atom. The van der Waals surface area contributed by atoms with Gasteiger partial charge >= 0.3 is 6.01 Å². The molecule has 34 heavy (non-hydrogen) atoms. The van der Waals surface area contributed by atoms with E-state index in [1.165, 1.54) is 0 Å². The number of rotatable bonds is 8. The van der Waals surface area contributed by atoms with Crippen molar-refractivity contribution in [3.05, 3.63) is 103 Å². The summed E-state index contributed by atoms with van der Waals surface area (Å²) in [5.74, 6) is 0.365. The Bertz CT molecular complexity index is 1310. The standard InChI is InChI=1S/C25H20ClN7O/c26-23-28-24(33(19-9-3-1-4-10-19)20-11-5-2-6-12-20)30-25(29-23)34-18-17-32-16-14-22(31-32)21-13-7-8-15-27-21/h1-16H,17-18H2. The lowest BCUT2D eigenvalue weighted by Gasteiger charge is -2.23. The van der Waals surface area contributed by atoms with Crippen molar-refractivity contribution in [2.24, 2.45) is 0 Å². The van der Waals surface area contributed by atoms with Gasteiger partial charge < -0.3 is 4.74 Å². The Kier molecular flexibility index (Phi) is 6.40. The number of ether oxygens (including phenoxy) is 1. The van der Waals surface area contributed by atoms with Gasteiger partial charge in [-0.1, -0.05) is 42.5 Å². The number of para-hydroxylation sites is 2. The first kappa shape index (κ1) is 21.5. The lowest BCUT2D eigenvalue weighted by molar-refractivity contribution is 0.269. The van der Waals surface area contributed by atoms with Crippen molar-refractivity contribution < 1.29 is 4.74 Å². The maximum atomic E-state index is 6.24. The van der Waals surface area contributed by atoms with Crippen molar-refractivity contribution >= 4 is 28.9 Å². The van der Waals surface area contributed by atoms with E-state index in [0.29, 0.717) is 19.1 Å². The number of hydrogen-bond acceptors (Lipinski definition) is 7. The van der Waals surface area contributed by atoms with Gasteiger partial charge in [0.1, 0.15) is 12.3 Å². The van der Waals surface area contributed by atoms with Gasteiger partial charge in [0.2, 0.25) is 11.2 Å². The Hall–Kier alpha value is -4.30. The average molecular weight is 470 g/mol. The predicted octanol–water partition coefficient (Wildman–Crippen LogP) is 5.33. The van der Waals surface area contributed by atoms with E-state index in [2.05, 4.69) is 25.0 Å². The molecule has 0 saturated carbocycles. The lowest BCUT2D eigenvalue weighted by atomic mass is 10.2. The molecule has 168 valence electrons. The number of pyridine rings is 1. The first-order chi connectivity index (χ1) is 16.8. The van der Waals surface area contributed by atoms with Gasteiger partial charge in [0.05, 0.1) is 12.2 Å². The molecule has 0 aliphatic rings. The van der Waals surface area contributed by atoms with Gasteiger partial charge in [0, 0.05) is 23.8 Å². The summed E-state index contributed by atoms with van der Waals surface area (Å²) in [7, 11) is 0. The highest BCUT2D eigenvalue weighted by atomic mass is 35.5. The first-order valence-corrected chi connectivity index (χ1v) is 11.0. The quantitative estimate of drug-likeness (QED) is 0.303. The number of benzene rings is 2. The Labute approximate surface area is 201 Å². The van der Waals surface area contributed by atoms with Crippen LogP contribution in [0, 0.1) is 0 Å². The van der Waals surface area contributed by atoms with Gasteiger partial charge in [-0.2, -0.15) is 20.1 Å². The van der Waals surface area contributed by atoms with Gasteiger partial charge in [-0.15, -0.1) is 0 Å². The summed E-state index contributed by atoms with van der Waals surface area (Å²) in [6, 6.07) is 27.4. The minimum Gasteiger partial charge on any atom is -0.461 e. The molecule has 8 nitrogen and oxygen atoms in total. The van der Waals surface area contributed by atoms with Crippen molar-refractivity contribution in [1.82, 2.24) is 29.7 Å². The summed E-state index contributed by atoms with van der Waals surface area (Å²) in [4.78, 5) is 19.2. The zero-order chi connectivity index (χ0) is 23.2. The molecule has 0 aliphatic carbocycles.